The van der Waals surface area contributed by atoms with Crippen LogP contribution in [-0.2, 0) is 10.8 Å². The standard InChI is InChI=1S/C23H29NO2/c1-6-24(17-9-7-16(8-10-17)21(25)26)18-11-12-19-20(15-18)23(4,5)14-13-22(19,2)3/h7-12,15H,6,13-14H2,1-5H3,(H,25,26). The Labute approximate surface area is 156 Å². The lowest BCUT2D eigenvalue weighted by atomic mass is 9.63. The number of fused-ring (bicyclic) bond motifs is 1. The third-order valence-corrected chi connectivity index (χ3v) is 5.89. The van der Waals surface area contributed by atoms with Crippen LogP contribution in [0.1, 0.15) is 68.9 Å². The van der Waals surface area contributed by atoms with Gasteiger partial charge in [0.15, 0.2) is 0 Å². The lowest BCUT2D eigenvalue weighted by molar-refractivity contribution is 0.0697. The molecule has 1 aliphatic carbocycles. The van der Waals surface area contributed by atoms with Crippen molar-refractivity contribution in [1.82, 2.24) is 0 Å². The van der Waals surface area contributed by atoms with Crippen molar-refractivity contribution in [3.8, 4) is 0 Å². The molecule has 1 aliphatic rings. The van der Waals surface area contributed by atoms with E-state index >= 15 is 0 Å². The lowest BCUT2D eigenvalue weighted by Crippen LogP contribution is -2.34. The minimum absolute atomic E-state index is 0.174. The summed E-state index contributed by atoms with van der Waals surface area (Å²) < 4.78 is 0. The predicted octanol–water partition coefficient (Wildman–Crippen LogP) is 5.89. The first-order valence-electron chi connectivity index (χ1n) is 9.41. The maximum atomic E-state index is 11.1. The van der Waals surface area contributed by atoms with Gasteiger partial charge in [0.25, 0.3) is 0 Å². The molecule has 26 heavy (non-hydrogen) atoms. The second kappa shape index (κ2) is 6.46. The molecule has 0 aromatic heterocycles. The van der Waals surface area contributed by atoms with E-state index in [1.165, 1.54) is 29.7 Å². The Morgan fingerprint density at radius 2 is 1.46 bits per heavy atom. The van der Waals surface area contributed by atoms with Crippen LogP contribution in [0.2, 0.25) is 0 Å². The van der Waals surface area contributed by atoms with Crippen LogP contribution in [-0.4, -0.2) is 17.6 Å². The van der Waals surface area contributed by atoms with Crippen molar-refractivity contribution in [3.63, 3.8) is 0 Å². The van der Waals surface area contributed by atoms with Gasteiger partial charge in [-0.2, -0.15) is 0 Å². The van der Waals surface area contributed by atoms with E-state index in [1.807, 2.05) is 12.1 Å². The average molecular weight is 351 g/mol. The highest BCUT2D eigenvalue weighted by Crippen LogP contribution is 2.47. The van der Waals surface area contributed by atoms with E-state index in [1.54, 1.807) is 12.1 Å². The van der Waals surface area contributed by atoms with Gasteiger partial charge < -0.3 is 10.0 Å². The monoisotopic (exact) mass is 351 g/mol. The molecule has 3 heteroatoms. The Morgan fingerprint density at radius 1 is 0.923 bits per heavy atom. The smallest absolute Gasteiger partial charge is 0.335 e. The van der Waals surface area contributed by atoms with Crippen molar-refractivity contribution in [2.75, 3.05) is 11.4 Å². The highest BCUT2D eigenvalue weighted by Gasteiger charge is 2.37. The first-order chi connectivity index (χ1) is 12.2. The largest absolute Gasteiger partial charge is 0.478 e. The van der Waals surface area contributed by atoms with Gasteiger partial charge in [-0.25, -0.2) is 4.79 Å². The number of anilines is 2. The second-order valence-corrected chi connectivity index (χ2v) is 8.59. The molecule has 0 aliphatic heterocycles. The summed E-state index contributed by atoms with van der Waals surface area (Å²) in [7, 11) is 0. The van der Waals surface area contributed by atoms with E-state index in [0.717, 1.165) is 12.2 Å². The summed E-state index contributed by atoms with van der Waals surface area (Å²) in [6.45, 7) is 12.3. The van der Waals surface area contributed by atoms with Gasteiger partial charge in [0.1, 0.15) is 0 Å². The Kier molecular flexibility index (Phi) is 4.60. The predicted molar refractivity (Wildman–Crippen MR) is 108 cm³/mol. The molecule has 2 aromatic carbocycles. The summed E-state index contributed by atoms with van der Waals surface area (Å²) in [6, 6.07) is 14.0. The summed E-state index contributed by atoms with van der Waals surface area (Å²) in [6.07, 6.45) is 2.40. The topological polar surface area (TPSA) is 40.5 Å². The number of rotatable bonds is 4. The van der Waals surface area contributed by atoms with Crippen LogP contribution in [0, 0.1) is 0 Å². The molecule has 0 unspecified atom stereocenters. The van der Waals surface area contributed by atoms with E-state index in [4.69, 9.17) is 5.11 Å². The second-order valence-electron chi connectivity index (χ2n) is 8.59. The number of benzene rings is 2. The van der Waals surface area contributed by atoms with E-state index in [0.29, 0.717) is 5.56 Å². The van der Waals surface area contributed by atoms with Gasteiger partial charge in [-0.15, -0.1) is 0 Å². The van der Waals surface area contributed by atoms with Crippen molar-refractivity contribution >= 4 is 17.3 Å². The maximum Gasteiger partial charge on any atom is 0.335 e. The molecule has 1 N–H and O–H groups in total. The SMILES string of the molecule is CCN(c1ccc(C(=O)O)cc1)c1ccc2c(c1)C(C)(C)CCC2(C)C. The number of nitrogens with zero attached hydrogens (tertiary/aromatic N) is 1. The molecule has 0 radical (unpaired) electrons. The van der Waals surface area contributed by atoms with Gasteiger partial charge in [-0.05, 0) is 78.1 Å². The van der Waals surface area contributed by atoms with Crippen LogP contribution in [0.4, 0.5) is 11.4 Å². The fourth-order valence-electron chi connectivity index (χ4n) is 4.04. The molecule has 0 atom stereocenters. The Morgan fingerprint density at radius 3 is 2.00 bits per heavy atom. The Balaban J connectivity index is 2.04. The van der Waals surface area contributed by atoms with Crippen molar-refractivity contribution < 1.29 is 9.90 Å². The lowest BCUT2D eigenvalue weighted by Gasteiger charge is -2.42. The number of carboxylic acid groups (broad SMARTS) is 1. The van der Waals surface area contributed by atoms with Gasteiger partial charge in [-0.3, -0.25) is 0 Å². The fourth-order valence-corrected chi connectivity index (χ4v) is 4.04. The molecule has 3 nitrogen and oxygen atoms in total. The first-order valence-corrected chi connectivity index (χ1v) is 9.41. The highest BCUT2D eigenvalue weighted by molar-refractivity contribution is 5.88. The molecule has 0 saturated heterocycles. The number of carboxylic acids is 1. The number of hydrogen-bond acceptors (Lipinski definition) is 2. The van der Waals surface area contributed by atoms with E-state index in [-0.39, 0.29) is 10.8 Å². The molecule has 0 spiro atoms. The molecule has 0 amide bonds. The Bertz CT molecular complexity index is 819. The van der Waals surface area contributed by atoms with Gasteiger partial charge in [-0.1, -0.05) is 33.8 Å². The third-order valence-electron chi connectivity index (χ3n) is 5.89. The minimum Gasteiger partial charge on any atom is -0.478 e. The van der Waals surface area contributed by atoms with Crippen molar-refractivity contribution in [1.29, 1.82) is 0 Å². The van der Waals surface area contributed by atoms with E-state index in [2.05, 4.69) is 57.7 Å². The molecule has 0 saturated carbocycles. The van der Waals surface area contributed by atoms with Crippen LogP contribution in [0.15, 0.2) is 42.5 Å². The Hall–Kier alpha value is -2.29. The van der Waals surface area contributed by atoms with Gasteiger partial charge in [0.2, 0.25) is 0 Å². The van der Waals surface area contributed by atoms with Crippen LogP contribution in [0.25, 0.3) is 0 Å². The normalized spacial score (nSPS) is 17.4. The zero-order valence-corrected chi connectivity index (χ0v) is 16.5. The van der Waals surface area contributed by atoms with Crippen molar-refractivity contribution in [2.24, 2.45) is 0 Å². The molecule has 2 aromatic rings. The molecule has 3 rings (SSSR count). The van der Waals surface area contributed by atoms with E-state index < -0.39 is 5.97 Å². The van der Waals surface area contributed by atoms with Gasteiger partial charge >= 0.3 is 5.97 Å². The molecule has 0 fully saturated rings. The number of carbonyl (C=O) groups is 1. The molecule has 0 heterocycles. The summed E-state index contributed by atoms with van der Waals surface area (Å²) >= 11 is 0. The zero-order chi connectivity index (χ0) is 19.1. The quantitative estimate of drug-likeness (QED) is 0.746. The van der Waals surface area contributed by atoms with Crippen LogP contribution in [0.3, 0.4) is 0 Å². The van der Waals surface area contributed by atoms with Crippen molar-refractivity contribution in [3.05, 3.63) is 59.2 Å². The van der Waals surface area contributed by atoms with E-state index in [9.17, 15) is 4.79 Å². The van der Waals surface area contributed by atoms with Crippen LogP contribution >= 0.6 is 0 Å². The van der Waals surface area contributed by atoms with Crippen LogP contribution < -0.4 is 4.90 Å². The number of aromatic carboxylic acids is 1. The summed E-state index contributed by atoms with van der Waals surface area (Å²) in [5.41, 5.74) is 5.78. The first kappa shape index (κ1) is 18.5. The van der Waals surface area contributed by atoms with Crippen LogP contribution in [0.5, 0.6) is 0 Å². The third kappa shape index (κ3) is 3.23. The van der Waals surface area contributed by atoms with Crippen molar-refractivity contribution in [2.45, 2.75) is 58.3 Å². The average Bonchev–Trinajstić information content (AvgIpc) is 2.60. The summed E-state index contributed by atoms with van der Waals surface area (Å²) in [4.78, 5) is 13.3. The van der Waals surface area contributed by atoms with Gasteiger partial charge in [0.05, 0.1) is 5.56 Å². The summed E-state index contributed by atoms with van der Waals surface area (Å²) in [5, 5.41) is 9.11. The molecular formula is C23H29NO2. The molecular weight excluding hydrogens is 322 g/mol. The maximum absolute atomic E-state index is 11.1. The highest BCUT2D eigenvalue weighted by atomic mass is 16.4. The zero-order valence-electron chi connectivity index (χ0n) is 16.5. The minimum atomic E-state index is -0.891. The fraction of sp³-hybridized carbons (Fsp3) is 0.435. The number of hydrogen-bond donors (Lipinski definition) is 1. The molecule has 0 bridgehead atoms. The molecule has 138 valence electrons. The van der Waals surface area contributed by atoms with Gasteiger partial charge in [0, 0.05) is 17.9 Å². The summed E-state index contributed by atoms with van der Waals surface area (Å²) in [5.74, 6) is -0.891.